The molecule has 0 fully saturated rings. The Labute approximate surface area is 108 Å². The van der Waals surface area contributed by atoms with E-state index >= 15 is 0 Å². The average molecular weight is 254 g/mol. The minimum absolute atomic E-state index is 0.152. The van der Waals surface area contributed by atoms with Crippen molar-refractivity contribution in [1.29, 1.82) is 0 Å². The summed E-state index contributed by atoms with van der Waals surface area (Å²) >= 11 is 0. The van der Waals surface area contributed by atoms with E-state index in [1.165, 1.54) is 18.9 Å². The minimum atomic E-state index is -1.65. The summed E-state index contributed by atoms with van der Waals surface area (Å²) in [7, 11) is -1.65. The van der Waals surface area contributed by atoms with Crippen molar-refractivity contribution in [3.63, 3.8) is 0 Å². The third kappa shape index (κ3) is 5.62. The van der Waals surface area contributed by atoms with Crippen molar-refractivity contribution in [1.82, 2.24) is 0 Å². The molecule has 0 saturated carbocycles. The molecule has 18 heavy (non-hydrogen) atoms. The van der Waals surface area contributed by atoms with Gasteiger partial charge >= 0.3 is 7.12 Å². The van der Waals surface area contributed by atoms with E-state index in [2.05, 4.69) is 6.92 Å². The molecule has 1 aromatic rings. The van der Waals surface area contributed by atoms with Crippen LogP contribution in [0, 0.1) is 5.82 Å². The zero-order chi connectivity index (χ0) is 13.4. The second-order valence-electron chi connectivity index (χ2n) is 4.38. The molecule has 1 aromatic carbocycles. The van der Waals surface area contributed by atoms with Crippen LogP contribution in [0.1, 0.15) is 38.2 Å². The van der Waals surface area contributed by atoms with Crippen LogP contribution in [-0.4, -0.2) is 23.8 Å². The molecular formula is C13H20BFO3. The molecule has 0 radical (unpaired) electrons. The monoisotopic (exact) mass is 254 g/mol. The number of halogens is 1. The number of hydrogen-bond donors (Lipinski definition) is 2. The van der Waals surface area contributed by atoms with Gasteiger partial charge in [-0.3, -0.25) is 0 Å². The number of rotatable bonds is 8. The molecule has 0 unspecified atom stereocenters. The summed E-state index contributed by atoms with van der Waals surface area (Å²) in [6, 6.07) is 3.99. The van der Waals surface area contributed by atoms with Crippen molar-refractivity contribution in [2.75, 3.05) is 6.61 Å². The van der Waals surface area contributed by atoms with Gasteiger partial charge in [0.15, 0.2) is 0 Å². The predicted molar refractivity (Wildman–Crippen MR) is 70.0 cm³/mol. The molecule has 0 amide bonds. The molecule has 0 saturated heterocycles. The van der Waals surface area contributed by atoms with Gasteiger partial charge in [0, 0.05) is 6.61 Å². The summed E-state index contributed by atoms with van der Waals surface area (Å²) in [5.41, 5.74) is 0.771. The van der Waals surface area contributed by atoms with E-state index < -0.39 is 12.9 Å². The average Bonchev–Trinajstić information content (AvgIpc) is 2.33. The summed E-state index contributed by atoms with van der Waals surface area (Å²) < 4.78 is 18.6. The van der Waals surface area contributed by atoms with Crippen LogP contribution in [0.4, 0.5) is 4.39 Å². The lowest BCUT2D eigenvalue weighted by atomic mass is 9.79. The van der Waals surface area contributed by atoms with Crippen LogP contribution in [0.3, 0.4) is 0 Å². The Morgan fingerprint density at radius 2 is 1.94 bits per heavy atom. The normalized spacial score (nSPS) is 10.7. The van der Waals surface area contributed by atoms with Gasteiger partial charge in [-0.2, -0.15) is 0 Å². The van der Waals surface area contributed by atoms with Gasteiger partial charge in [-0.25, -0.2) is 4.39 Å². The molecule has 0 bridgehead atoms. The molecule has 0 aliphatic heterocycles. The molecule has 0 heterocycles. The fourth-order valence-electron chi connectivity index (χ4n) is 1.73. The molecule has 0 aliphatic carbocycles. The Morgan fingerprint density at radius 1 is 1.17 bits per heavy atom. The first-order valence-corrected chi connectivity index (χ1v) is 6.36. The summed E-state index contributed by atoms with van der Waals surface area (Å²) in [5.74, 6) is -0.481. The van der Waals surface area contributed by atoms with Crippen molar-refractivity contribution < 1.29 is 19.2 Å². The Kier molecular flexibility index (Phi) is 6.94. The highest BCUT2D eigenvalue weighted by Gasteiger charge is 2.13. The van der Waals surface area contributed by atoms with Crippen molar-refractivity contribution in [2.24, 2.45) is 0 Å². The van der Waals surface area contributed by atoms with Crippen LogP contribution in [0.25, 0.3) is 0 Å². The van der Waals surface area contributed by atoms with Gasteiger partial charge in [-0.15, -0.1) is 0 Å². The summed E-state index contributed by atoms with van der Waals surface area (Å²) in [6.45, 7) is 3.09. The highest BCUT2D eigenvalue weighted by Crippen LogP contribution is 2.06. The molecular weight excluding hydrogens is 234 g/mol. The topological polar surface area (TPSA) is 49.7 Å². The summed E-state index contributed by atoms with van der Waals surface area (Å²) in [4.78, 5) is 0. The highest BCUT2D eigenvalue weighted by atomic mass is 19.1. The van der Waals surface area contributed by atoms with Crippen LogP contribution in [0.2, 0.25) is 0 Å². The van der Waals surface area contributed by atoms with Crippen molar-refractivity contribution in [2.45, 2.75) is 39.2 Å². The van der Waals surface area contributed by atoms with Gasteiger partial charge in [0.1, 0.15) is 5.82 Å². The fraction of sp³-hybridized carbons (Fsp3) is 0.538. The fourth-order valence-corrected chi connectivity index (χ4v) is 1.73. The molecule has 3 nitrogen and oxygen atoms in total. The third-order valence-corrected chi connectivity index (χ3v) is 2.69. The van der Waals surface area contributed by atoms with Crippen LogP contribution in [-0.2, 0) is 11.3 Å². The van der Waals surface area contributed by atoms with Gasteiger partial charge in [-0.05, 0) is 29.6 Å². The van der Waals surface area contributed by atoms with E-state index in [1.54, 1.807) is 6.07 Å². The maximum Gasteiger partial charge on any atom is 0.488 e. The maximum atomic E-state index is 13.2. The van der Waals surface area contributed by atoms with Crippen LogP contribution in [0.5, 0.6) is 0 Å². The zero-order valence-electron chi connectivity index (χ0n) is 10.7. The van der Waals surface area contributed by atoms with Crippen molar-refractivity contribution in [3.05, 3.63) is 29.6 Å². The number of ether oxygens (including phenoxy) is 1. The summed E-state index contributed by atoms with van der Waals surface area (Å²) in [6.07, 6.45) is 4.52. The second-order valence-corrected chi connectivity index (χ2v) is 4.38. The number of unbranched alkanes of at least 4 members (excludes halogenated alkanes) is 3. The van der Waals surface area contributed by atoms with E-state index in [0.717, 1.165) is 18.9 Å². The van der Waals surface area contributed by atoms with E-state index in [4.69, 9.17) is 14.8 Å². The first-order chi connectivity index (χ1) is 8.63. The first kappa shape index (κ1) is 15.2. The van der Waals surface area contributed by atoms with Gasteiger partial charge in [-0.1, -0.05) is 32.3 Å². The SMILES string of the molecule is CCCCCCOCc1cc(F)cc(B(O)O)c1. The number of hydrogen-bond acceptors (Lipinski definition) is 3. The Bertz CT molecular complexity index is 358. The molecule has 0 aromatic heterocycles. The van der Waals surface area contributed by atoms with E-state index in [-0.39, 0.29) is 5.46 Å². The van der Waals surface area contributed by atoms with Crippen LogP contribution in [0.15, 0.2) is 18.2 Å². The van der Waals surface area contributed by atoms with Crippen molar-refractivity contribution >= 4 is 12.6 Å². The zero-order valence-corrected chi connectivity index (χ0v) is 10.7. The van der Waals surface area contributed by atoms with Gasteiger partial charge in [0.25, 0.3) is 0 Å². The van der Waals surface area contributed by atoms with Crippen molar-refractivity contribution in [3.8, 4) is 0 Å². The van der Waals surface area contributed by atoms with Gasteiger partial charge in [0.05, 0.1) is 6.61 Å². The largest absolute Gasteiger partial charge is 0.488 e. The Hall–Kier alpha value is -0.905. The second kappa shape index (κ2) is 8.24. The lowest BCUT2D eigenvalue weighted by molar-refractivity contribution is 0.116. The Morgan fingerprint density at radius 3 is 2.61 bits per heavy atom. The number of benzene rings is 1. The maximum absolute atomic E-state index is 13.2. The Balaban J connectivity index is 2.37. The lowest BCUT2D eigenvalue weighted by Crippen LogP contribution is -2.30. The molecule has 5 heteroatoms. The molecule has 0 aliphatic rings. The van der Waals surface area contributed by atoms with E-state index in [1.807, 2.05) is 0 Å². The quantitative estimate of drug-likeness (QED) is 0.547. The third-order valence-electron chi connectivity index (χ3n) is 2.69. The molecule has 0 spiro atoms. The predicted octanol–water partition coefficient (Wildman–Crippen LogP) is 1.60. The van der Waals surface area contributed by atoms with Gasteiger partial charge in [0.2, 0.25) is 0 Å². The molecule has 1 rings (SSSR count). The summed E-state index contributed by atoms with van der Waals surface area (Å²) in [5, 5.41) is 18.0. The minimum Gasteiger partial charge on any atom is -0.423 e. The molecule has 0 atom stereocenters. The van der Waals surface area contributed by atoms with Crippen LogP contribution >= 0.6 is 0 Å². The van der Waals surface area contributed by atoms with Gasteiger partial charge < -0.3 is 14.8 Å². The molecule has 100 valence electrons. The standard InChI is InChI=1S/C13H20BFO3/c1-2-3-4-5-6-18-10-11-7-12(14(16)17)9-13(15)8-11/h7-9,16-17H,2-6,10H2,1H3. The van der Waals surface area contributed by atoms with Crippen LogP contribution < -0.4 is 5.46 Å². The first-order valence-electron chi connectivity index (χ1n) is 6.36. The lowest BCUT2D eigenvalue weighted by Gasteiger charge is -2.07. The smallest absolute Gasteiger partial charge is 0.423 e. The van der Waals surface area contributed by atoms with E-state index in [0.29, 0.717) is 18.8 Å². The highest BCUT2D eigenvalue weighted by molar-refractivity contribution is 6.58. The molecule has 2 N–H and O–H groups in total. The van der Waals surface area contributed by atoms with E-state index in [9.17, 15) is 4.39 Å².